The Kier molecular flexibility index (Phi) is 6.00. The fourth-order valence-electron chi connectivity index (χ4n) is 3.02. The summed E-state index contributed by atoms with van der Waals surface area (Å²) in [6, 6.07) is 5.55. The lowest BCUT2D eigenvalue weighted by atomic mass is 10.0. The number of hydrogen-bond acceptors (Lipinski definition) is 3. The minimum Gasteiger partial charge on any atom is -0.396 e. The largest absolute Gasteiger partial charge is 0.396 e. The first-order valence-corrected chi connectivity index (χ1v) is 8.00. The van der Waals surface area contributed by atoms with Crippen LogP contribution in [0.5, 0.6) is 0 Å². The van der Waals surface area contributed by atoms with Crippen LogP contribution >= 0.6 is 0 Å². The van der Waals surface area contributed by atoms with Crippen molar-refractivity contribution in [2.45, 2.75) is 45.7 Å². The molecule has 0 amide bonds. The van der Waals surface area contributed by atoms with Crippen molar-refractivity contribution in [3.63, 3.8) is 0 Å². The Balaban J connectivity index is 2.11. The fraction of sp³-hybridized carbons (Fsp3) is 0.647. The molecule has 1 heterocycles. The van der Waals surface area contributed by atoms with Gasteiger partial charge in [0.2, 0.25) is 0 Å². The van der Waals surface area contributed by atoms with E-state index in [9.17, 15) is 4.39 Å². The highest BCUT2D eigenvalue weighted by Crippen LogP contribution is 2.27. The minimum atomic E-state index is -0.140. The summed E-state index contributed by atoms with van der Waals surface area (Å²) in [4.78, 5) is 2.27. The molecule has 1 aliphatic rings. The molecule has 3 nitrogen and oxygen atoms in total. The van der Waals surface area contributed by atoms with Crippen molar-refractivity contribution in [2.24, 2.45) is 5.92 Å². The van der Waals surface area contributed by atoms with Gasteiger partial charge in [-0.25, -0.2) is 4.39 Å². The van der Waals surface area contributed by atoms with Gasteiger partial charge < -0.3 is 15.3 Å². The number of anilines is 1. The number of halogens is 1. The molecule has 4 heteroatoms. The summed E-state index contributed by atoms with van der Waals surface area (Å²) in [5.74, 6) is 0.276. The number of aliphatic hydroxyl groups excluding tert-OH is 1. The maximum Gasteiger partial charge on any atom is 0.129 e. The van der Waals surface area contributed by atoms with Crippen LogP contribution in [0.1, 0.15) is 38.7 Å². The lowest BCUT2D eigenvalue weighted by Crippen LogP contribution is -2.35. The summed E-state index contributed by atoms with van der Waals surface area (Å²) in [5.41, 5.74) is 1.77. The molecule has 1 aromatic rings. The van der Waals surface area contributed by atoms with Crippen molar-refractivity contribution in [3.05, 3.63) is 29.6 Å². The highest BCUT2D eigenvalue weighted by Gasteiger charge is 2.19. The molecule has 0 saturated carbocycles. The summed E-state index contributed by atoms with van der Waals surface area (Å²) in [7, 11) is 0. The molecular weight excluding hydrogens is 267 g/mol. The average molecular weight is 294 g/mol. The number of benzene rings is 1. The predicted molar refractivity (Wildman–Crippen MR) is 85.0 cm³/mol. The SMILES string of the molecule is CC(C)C(CCO)NCc1c(F)cccc1N1CCCC1. The Morgan fingerprint density at radius 3 is 2.62 bits per heavy atom. The molecule has 0 aromatic heterocycles. The van der Waals surface area contributed by atoms with E-state index in [0.29, 0.717) is 18.9 Å². The van der Waals surface area contributed by atoms with Crippen LogP contribution in [-0.2, 0) is 6.54 Å². The van der Waals surface area contributed by atoms with E-state index in [0.717, 1.165) is 24.3 Å². The van der Waals surface area contributed by atoms with Gasteiger partial charge in [-0.1, -0.05) is 19.9 Å². The molecule has 21 heavy (non-hydrogen) atoms. The second-order valence-electron chi connectivity index (χ2n) is 6.18. The summed E-state index contributed by atoms with van der Waals surface area (Å²) in [6.45, 7) is 6.95. The third-order valence-corrected chi connectivity index (χ3v) is 4.33. The lowest BCUT2D eigenvalue weighted by Gasteiger charge is -2.25. The van der Waals surface area contributed by atoms with Crippen LogP contribution in [0.2, 0.25) is 0 Å². The van der Waals surface area contributed by atoms with E-state index in [1.165, 1.54) is 18.9 Å². The van der Waals surface area contributed by atoms with E-state index in [4.69, 9.17) is 5.11 Å². The third-order valence-electron chi connectivity index (χ3n) is 4.33. The summed E-state index contributed by atoms with van der Waals surface area (Å²) in [5, 5.41) is 12.6. The first-order valence-electron chi connectivity index (χ1n) is 8.00. The zero-order chi connectivity index (χ0) is 15.2. The minimum absolute atomic E-state index is 0.140. The van der Waals surface area contributed by atoms with E-state index < -0.39 is 0 Å². The van der Waals surface area contributed by atoms with Crippen LogP contribution in [0.15, 0.2) is 18.2 Å². The van der Waals surface area contributed by atoms with E-state index >= 15 is 0 Å². The quantitative estimate of drug-likeness (QED) is 0.811. The Morgan fingerprint density at radius 1 is 1.29 bits per heavy atom. The summed E-state index contributed by atoms with van der Waals surface area (Å²) >= 11 is 0. The van der Waals surface area contributed by atoms with E-state index in [2.05, 4.69) is 24.1 Å². The Morgan fingerprint density at radius 2 is 2.00 bits per heavy atom. The molecule has 0 radical (unpaired) electrons. The van der Waals surface area contributed by atoms with Crippen molar-refractivity contribution in [1.29, 1.82) is 0 Å². The highest BCUT2D eigenvalue weighted by molar-refractivity contribution is 5.54. The van der Waals surface area contributed by atoms with E-state index in [1.807, 2.05) is 6.07 Å². The third kappa shape index (κ3) is 4.17. The number of hydrogen-bond donors (Lipinski definition) is 2. The van der Waals surface area contributed by atoms with Gasteiger partial charge in [0.25, 0.3) is 0 Å². The van der Waals surface area contributed by atoms with Crippen molar-refractivity contribution in [3.8, 4) is 0 Å². The molecule has 118 valence electrons. The number of nitrogens with zero attached hydrogens (tertiary/aromatic N) is 1. The van der Waals surface area contributed by atoms with Gasteiger partial charge in [0.05, 0.1) is 0 Å². The maximum absolute atomic E-state index is 14.2. The molecule has 1 fully saturated rings. The second-order valence-corrected chi connectivity index (χ2v) is 6.18. The van der Waals surface area contributed by atoms with Gasteiger partial charge >= 0.3 is 0 Å². The topological polar surface area (TPSA) is 35.5 Å². The molecule has 1 aromatic carbocycles. The first kappa shape index (κ1) is 16.2. The smallest absolute Gasteiger partial charge is 0.129 e. The highest BCUT2D eigenvalue weighted by atomic mass is 19.1. The van der Waals surface area contributed by atoms with Gasteiger partial charge in [0.1, 0.15) is 5.82 Å². The molecular formula is C17H27FN2O. The van der Waals surface area contributed by atoms with Gasteiger partial charge in [-0.15, -0.1) is 0 Å². The molecule has 2 N–H and O–H groups in total. The van der Waals surface area contributed by atoms with Crippen molar-refractivity contribution < 1.29 is 9.50 Å². The average Bonchev–Trinajstić information content (AvgIpc) is 2.98. The zero-order valence-electron chi connectivity index (χ0n) is 13.1. The van der Waals surface area contributed by atoms with Crippen LogP contribution in [0, 0.1) is 11.7 Å². The lowest BCUT2D eigenvalue weighted by molar-refractivity contribution is 0.243. The summed E-state index contributed by atoms with van der Waals surface area (Å²) in [6.07, 6.45) is 3.07. The first-order chi connectivity index (χ1) is 10.1. The van der Waals surface area contributed by atoms with Gasteiger partial charge in [-0.3, -0.25) is 0 Å². The number of aliphatic hydroxyl groups is 1. The zero-order valence-corrected chi connectivity index (χ0v) is 13.1. The van der Waals surface area contributed by atoms with Crippen molar-refractivity contribution in [1.82, 2.24) is 5.32 Å². The molecule has 0 aliphatic carbocycles. The Bertz CT molecular complexity index is 444. The standard InChI is InChI=1S/C17H27FN2O/c1-13(2)16(8-11-21)19-12-14-15(18)6-5-7-17(14)20-9-3-4-10-20/h5-7,13,16,19,21H,3-4,8-12H2,1-2H3. The van der Waals surface area contributed by atoms with Crippen LogP contribution in [-0.4, -0.2) is 30.8 Å². The van der Waals surface area contributed by atoms with Gasteiger partial charge in [-0.05, 0) is 37.3 Å². The molecule has 1 atom stereocenters. The van der Waals surface area contributed by atoms with Crippen LogP contribution < -0.4 is 10.2 Å². The van der Waals surface area contributed by atoms with Gasteiger partial charge in [0.15, 0.2) is 0 Å². The van der Waals surface area contributed by atoms with E-state index in [-0.39, 0.29) is 18.5 Å². The predicted octanol–water partition coefficient (Wildman–Crippen LogP) is 2.92. The molecule has 1 unspecified atom stereocenters. The van der Waals surface area contributed by atoms with Crippen LogP contribution in [0.4, 0.5) is 10.1 Å². The van der Waals surface area contributed by atoms with Crippen LogP contribution in [0.25, 0.3) is 0 Å². The van der Waals surface area contributed by atoms with Gasteiger partial charge in [0, 0.05) is 43.5 Å². The molecule has 0 bridgehead atoms. The van der Waals surface area contributed by atoms with Crippen molar-refractivity contribution >= 4 is 5.69 Å². The Hall–Kier alpha value is -1.13. The number of rotatable bonds is 7. The summed E-state index contributed by atoms with van der Waals surface area (Å²) < 4.78 is 14.2. The monoisotopic (exact) mass is 294 g/mol. The van der Waals surface area contributed by atoms with Crippen molar-refractivity contribution in [2.75, 3.05) is 24.6 Å². The normalized spacial score (nSPS) is 16.7. The van der Waals surface area contributed by atoms with Gasteiger partial charge in [-0.2, -0.15) is 0 Å². The number of nitrogens with one attached hydrogen (secondary N) is 1. The van der Waals surface area contributed by atoms with E-state index in [1.54, 1.807) is 6.07 Å². The maximum atomic E-state index is 14.2. The molecule has 1 aliphatic heterocycles. The molecule has 0 spiro atoms. The molecule has 2 rings (SSSR count). The Labute approximate surface area is 127 Å². The fourth-order valence-corrected chi connectivity index (χ4v) is 3.02. The second kappa shape index (κ2) is 7.76. The van der Waals surface area contributed by atoms with Crippen LogP contribution in [0.3, 0.4) is 0 Å². The molecule has 1 saturated heterocycles.